The monoisotopic (exact) mass is 240 g/mol. The molecule has 1 aliphatic heterocycles. The Balaban J connectivity index is 2.37. The van der Waals surface area contributed by atoms with E-state index in [2.05, 4.69) is 6.08 Å². The first kappa shape index (κ1) is 14.4. The molecule has 3 heteroatoms. The maximum Gasteiger partial charge on any atom is 0.180 e. The summed E-state index contributed by atoms with van der Waals surface area (Å²) in [6.45, 7) is 8.27. The minimum Gasteiger partial charge on any atom is -0.392 e. The van der Waals surface area contributed by atoms with Crippen molar-refractivity contribution in [3.05, 3.63) is 23.3 Å². The van der Waals surface area contributed by atoms with Gasteiger partial charge in [-0.05, 0) is 46.1 Å². The standard InChI is InChI=1S/C14H24O3/c1-10(8-9-15)6-5-7-11(2)14-16-12(3)13(4)17-14/h7-8,12-15H,5-6,9H2,1-4H3/b10-8+,11-7+. The van der Waals surface area contributed by atoms with E-state index < -0.39 is 0 Å². The number of hydrogen-bond donors (Lipinski definition) is 1. The van der Waals surface area contributed by atoms with Crippen molar-refractivity contribution < 1.29 is 14.6 Å². The highest BCUT2D eigenvalue weighted by molar-refractivity contribution is 5.06. The van der Waals surface area contributed by atoms with Crippen LogP contribution in [0.3, 0.4) is 0 Å². The first-order valence-corrected chi connectivity index (χ1v) is 6.28. The minimum absolute atomic E-state index is 0.123. The Morgan fingerprint density at radius 3 is 2.24 bits per heavy atom. The van der Waals surface area contributed by atoms with Crippen molar-refractivity contribution in [2.45, 2.75) is 59.0 Å². The van der Waals surface area contributed by atoms with Gasteiger partial charge in [0.2, 0.25) is 0 Å². The van der Waals surface area contributed by atoms with Gasteiger partial charge in [0.15, 0.2) is 6.29 Å². The molecule has 1 aliphatic rings. The highest BCUT2D eigenvalue weighted by atomic mass is 16.7. The number of rotatable bonds is 5. The lowest BCUT2D eigenvalue weighted by atomic mass is 10.1. The average Bonchev–Trinajstić information content (AvgIpc) is 2.59. The fraction of sp³-hybridized carbons (Fsp3) is 0.714. The summed E-state index contributed by atoms with van der Waals surface area (Å²) in [4.78, 5) is 0. The normalized spacial score (nSPS) is 31.0. The van der Waals surface area contributed by atoms with Gasteiger partial charge in [-0.25, -0.2) is 0 Å². The van der Waals surface area contributed by atoms with Gasteiger partial charge >= 0.3 is 0 Å². The van der Waals surface area contributed by atoms with Crippen LogP contribution in [0.5, 0.6) is 0 Å². The largest absolute Gasteiger partial charge is 0.392 e. The fourth-order valence-corrected chi connectivity index (χ4v) is 1.74. The summed E-state index contributed by atoms with van der Waals surface area (Å²) in [6, 6.07) is 0. The molecule has 0 saturated carbocycles. The molecule has 1 fully saturated rings. The Labute approximate surface area is 104 Å². The third-order valence-electron chi connectivity index (χ3n) is 3.15. The Morgan fingerprint density at radius 2 is 1.71 bits per heavy atom. The summed E-state index contributed by atoms with van der Waals surface area (Å²) in [5.41, 5.74) is 2.35. The van der Waals surface area contributed by atoms with Crippen molar-refractivity contribution in [3.8, 4) is 0 Å². The van der Waals surface area contributed by atoms with Gasteiger partial charge in [-0.2, -0.15) is 0 Å². The van der Waals surface area contributed by atoms with E-state index in [0.29, 0.717) is 0 Å². The van der Waals surface area contributed by atoms with Gasteiger partial charge in [-0.1, -0.05) is 17.7 Å². The van der Waals surface area contributed by atoms with Gasteiger partial charge in [-0.3, -0.25) is 0 Å². The molecule has 3 nitrogen and oxygen atoms in total. The summed E-state index contributed by atoms with van der Waals surface area (Å²) in [5, 5.41) is 8.74. The third kappa shape index (κ3) is 4.62. The Morgan fingerprint density at radius 1 is 1.12 bits per heavy atom. The molecule has 0 aromatic heterocycles. The maximum atomic E-state index is 8.74. The lowest BCUT2D eigenvalue weighted by Gasteiger charge is -2.10. The van der Waals surface area contributed by atoms with Crippen LogP contribution in [0.25, 0.3) is 0 Å². The molecule has 0 aromatic carbocycles. The molecule has 17 heavy (non-hydrogen) atoms. The lowest BCUT2D eigenvalue weighted by Crippen LogP contribution is -2.13. The zero-order valence-electron chi connectivity index (χ0n) is 11.3. The van der Waals surface area contributed by atoms with E-state index in [1.807, 2.05) is 33.8 Å². The zero-order valence-corrected chi connectivity index (χ0v) is 11.3. The van der Waals surface area contributed by atoms with E-state index in [0.717, 1.165) is 18.4 Å². The van der Waals surface area contributed by atoms with Crippen molar-refractivity contribution in [1.82, 2.24) is 0 Å². The molecular weight excluding hydrogens is 216 g/mol. The quantitative estimate of drug-likeness (QED) is 0.751. The van der Waals surface area contributed by atoms with Crippen LogP contribution in [0.4, 0.5) is 0 Å². The van der Waals surface area contributed by atoms with Crippen molar-refractivity contribution in [2.24, 2.45) is 0 Å². The summed E-state index contributed by atoms with van der Waals surface area (Å²) in [5.74, 6) is 0. The molecule has 0 amide bonds. The van der Waals surface area contributed by atoms with Gasteiger partial charge in [0.1, 0.15) is 0 Å². The first-order valence-electron chi connectivity index (χ1n) is 6.28. The summed E-state index contributed by atoms with van der Waals surface area (Å²) in [6.07, 6.45) is 6.08. The van der Waals surface area contributed by atoms with E-state index in [4.69, 9.17) is 14.6 Å². The van der Waals surface area contributed by atoms with Crippen LogP contribution in [0.1, 0.15) is 40.5 Å². The number of hydrogen-bond acceptors (Lipinski definition) is 3. The van der Waals surface area contributed by atoms with Crippen molar-refractivity contribution in [2.75, 3.05) is 6.61 Å². The molecule has 0 spiro atoms. The van der Waals surface area contributed by atoms with Crippen LogP contribution in [0.2, 0.25) is 0 Å². The number of aliphatic hydroxyl groups excluding tert-OH is 1. The summed E-state index contributed by atoms with van der Waals surface area (Å²) >= 11 is 0. The van der Waals surface area contributed by atoms with Crippen LogP contribution in [0.15, 0.2) is 23.3 Å². The van der Waals surface area contributed by atoms with Gasteiger partial charge in [-0.15, -0.1) is 0 Å². The minimum atomic E-state index is -0.179. The number of allylic oxidation sites excluding steroid dienone is 2. The first-order chi connectivity index (χ1) is 8.04. The highest BCUT2D eigenvalue weighted by Gasteiger charge is 2.30. The van der Waals surface area contributed by atoms with Gasteiger partial charge in [0.05, 0.1) is 18.8 Å². The van der Waals surface area contributed by atoms with Crippen LogP contribution in [-0.2, 0) is 9.47 Å². The van der Waals surface area contributed by atoms with Crippen molar-refractivity contribution >= 4 is 0 Å². The van der Waals surface area contributed by atoms with Crippen molar-refractivity contribution in [3.63, 3.8) is 0 Å². The van der Waals surface area contributed by atoms with Gasteiger partial charge in [0, 0.05) is 0 Å². The zero-order chi connectivity index (χ0) is 12.8. The maximum absolute atomic E-state index is 8.74. The number of aliphatic hydroxyl groups is 1. The van der Waals surface area contributed by atoms with E-state index in [-0.39, 0.29) is 25.1 Å². The molecule has 2 atom stereocenters. The van der Waals surface area contributed by atoms with E-state index >= 15 is 0 Å². The molecule has 0 aromatic rings. The van der Waals surface area contributed by atoms with Gasteiger partial charge < -0.3 is 14.6 Å². The average molecular weight is 240 g/mol. The van der Waals surface area contributed by atoms with Gasteiger partial charge in [0.25, 0.3) is 0 Å². The second kappa shape index (κ2) is 6.94. The Hall–Kier alpha value is -0.640. The van der Waals surface area contributed by atoms with E-state index in [1.165, 1.54) is 5.57 Å². The second-order valence-electron chi connectivity index (χ2n) is 4.73. The van der Waals surface area contributed by atoms with E-state index in [1.54, 1.807) is 0 Å². The van der Waals surface area contributed by atoms with Crippen LogP contribution >= 0.6 is 0 Å². The van der Waals surface area contributed by atoms with Crippen LogP contribution < -0.4 is 0 Å². The van der Waals surface area contributed by atoms with E-state index in [9.17, 15) is 0 Å². The second-order valence-corrected chi connectivity index (χ2v) is 4.73. The number of ether oxygens (including phenoxy) is 2. The van der Waals surface area contributed by atoms with Crippen LogP contribution in [0, 0.1) is 0 Å². The summed E-state index contributed by atoms with van der Waals surface area (Å²) < 4.78 is 11.4. The third-order valence-corrected chi connectivity index (χ3v) is 3.15. The molecule has 1 heterocycles. The molecule has 1 rings (SSSR count). The van der Waals surface area contributed by atoms with Crippen LogP contribution in [-0.4, -0.2) is 30.2 Å². The molecular formula is C14H24O3. The molecule has 1 N–H and O–H groups in total. The molecule has 0 bridgehead atoms. The molecule has 98 valence electrons. The summed E-state index contributed by atoms with van der Waals surface area (Å²) in [7, 11) is 0. The SMILES string of the molecule is C/C(=C\CO)CC/C=C(\C)C1OC(C)C(C)O1. The highest BCUT2D eigenvalue weighted by Crippen LogP contribution is 2.24. The predicted molar refractivity (Wildman–Crippen MR) is 68.7 cm³/mol. The fourth-order valence-electron chi connectivity index (χ4n) is 1.74. The molecule has 2 unspecified atom stereocenters. The Bertz CT molecular complexity index is 284. The lowest BCUT2D eigenvalue weighted by molar-refractivity contribution is -0.0334. The molecule has 0 radical (unpaired) electrons. The predicted octanol–water partition coefficient (Wildman–Crippen LogP) is 2.80. The smallest absolute Gasteiger partial charge is 0.180 e. The molecule has 1 saturated heterocycles. The molecule has 0 aliphatic carbocycles. The Kier molecular flexibility index (Phi) is 5.89. The topological polar surface area (TPSA) is 38.7 Å². The van der Waals surface area contributed by atoms with Crippen molar-refractivity contribution in [1.29, 1.82) is 0 Å².